The predicted octanol–water partition coefficient (Wildman–Crippen LogP) is 3.43. The number of nitrogens with zero attached hydrogens (tertiary/aromatic N) is 4. The second kappa shape index (κ2) is 7.72. The Morgan fingerprint density at radius 2 is 1.67 bits per heavy atom. The number of aromatic nitrogens is 3. The van der Waals surface area contributed by atoms with Gasteiger partial charge in [0.25, 0.3) is 0 Å². The van der Waals surface area contributed by atoms with E-state index in [0.717, 1.165) is 18.7 Å². The van der Waals surface area contributed by atoms with Gasteiger partial charge in [-0.2, -0.15) is 4.31 Å². The van der Waals surface area contributed by atoms with Gasteiger partial charge in [0.05, 0.1) is 4.90 Å². The lowest BCUT2D eigenvalue weighted by molar-refractivity contribution is 0.306. The molecule has 0 spiro atoms. The topological polar surface area (TPSA) is 68.1 Å². The maximum Gasteiger partial charge on any atom is 0.243 e. The fourth-order valence-electron chi connectivity index (χ4n) is 4.53. The highest BCUT2D eigenvalue weighted by molar-refractivity contribution is 7.89. The molecule has 0 N–H and O–H groups in total. The predicted molar refractivity (Wildman–Crippen MR) is 104 cm³/mol. The molecule has 1 aliphatic heterocycles. The molecule has 0 amide bonds. The van der Waals surface area contributed by atoms with Gasteiger partial charge in [-0.05, 0) is 49.3 Å². The Bertz CT molecular complexity index is 870. The van der Waals surface area contributed by atoms with Crippen LogP contribution in [0.15, 0.2) is 35.5 Å². The summed E-state index contributed by atoms with van der Waals surface area (Å²) < 4.78 is 29.8. The first kappa shape index (κ1) is 18.6. The molecule has 2 aliphatic rings. The summed E-state index contributed by atoms with van der Waals surface area (Å²) in [5.41, 5.74) is 1.28. The summed E-state index contributed by atoms with van der Waals surface area (Å²) in [5, 5.41) is 8.12. The van der Waals surface area contributed by atoms with E-state index in [0.29, 0.717) is 23.9 Å². The molecule has 6 nitrogen and oxygen atoms in total. The molecular weight excluding hydrogens is 360 g/mol. The smallest absolute Gasteiger partial charge is 0.243 e. The summed E-state index contributed by atoms with van der Waals surface area (Å²) in [6.07, 6.45) is 9.78. The lowest BCUT2D eigenvalue weighted by Crippen LogP contribution is -2.39. The van der Waals surface area contributed by atoms with E-state index in [-0.39, 0.29) is 5.92 Å². The van der Waals surface area contributed by atoms with Crippen molar-refractivity contribution in [1.82, 2.24) is 19.1 Å². The first-order valence-electron chi connectivity index (χ1n) is 10.00. The first-order chi connectivity index (χ1) is 13.1. The van der Waals surface area contributed by atoms with Gasteiger partial charge in [-0.15, -0.1) is 10.2 Å². The van der Waals surface area contributed by atoms with E-state index in [1.54, 1.807) is 22.8 Å². The molecule has 2 fully saturated rings. The van der Waals surface area contributed by atoms with Crippen LogP contribution in [0.25, 0.3) is 0 Å². The highest BCUT2D eigenvalue weighted by Crippen LogP contribution is 2.34. The number of benzene rings is 1. The zero-order valence-electron chi connectivity index (χ0n) is 15.9. The Balaban J connectivity index is 1.51. The van der Waals surface area contributed by atoms with E-state index in [2.05, 4.69) is 10.2 Å². The summed E-state index contributed by atoms with van der Waals surface area (Å²) in [6.45, 7) is 1.04. The average Bonchev–Trinajstić information content (AvgIpc) is 3.15. The molecular formula is C20H28N4O2S. The third-order valence-electron chi connectivity index (χ3n) is 6.09. The van der Waals surface area contributed by atoms with Crippen LogP contribution in [0.1, 0.15) is 68.2 Å². The molecule has 1 saturated heterocycles. The lowest BCUT2D eigenvalue weighted by Gasteiger charge is -2.31. The number of aryl methyl sites for hydroxylation is 1. The summed E-state index contributed by atoms with van der Waals surface area (Å²) in [5.74, 6) is 1.55. The molecule has 27 heavy (non-hydrogen) atoms. The molecule has 2 aromatic rings. The van der Waals surface area contributed by atoms with Crippen LogP contribution in [-0.2, 0) is 17.1 Å². The SMILES string of the molecule is Cn1cnnc1[C@@H]1CCCN(S(=O)(=O)c2ccc(C3CCCCC3)cc2)C1. The van der Waals surface area contributed by atoms with Crippen molar-refractivity contribution in [3.63, 3.8) is 0 Å². The van der Waals surface area contributed by atoms with Gasteiger partial charge in [-0.1, -0.05) is 31.4 Å². The molecule has 1 aliphatic carbocycles. The van der Waals surface area contributed by atoms with Crippen LogP contribution in [0.3, 0.4) is 0 Å². The number of sulfonamides is 1. The summed E-state index contributed by atoms with van der Waals surface area (Å²) in [4.78, 5) is 0.403. The maximum absolute atomic E-state index is 13.2. The fourth-order valence-corrected chi connectivity index (χ4v) is 6.05. The minimum atomic E-state index is -3.47. The molecule has 0 bridgehead atoms. The van der Waals surface area contributed by atoms with Gasteiger partial charge >= 0.3 is 0 Å². The number of hydrogen-bond acceptors (Lipinski definition) is 4. The quantitative estimate of drug-likeness (QED) is 0.805. The summed E-state index contributed by atoms with van der Waals surface area (Å²) in [7, 11) is -1.56. The van der Waals surface area contributed by atoms with Gasteiger partial charge < -0.3 is 4.57 Å². The molecule has 1 saturated carbocycles. The molecule has 1 atom stereocenters. The normalized spacial score (nSPS) is 22.8. The van der Waals surface area contributed by atoms with Crippen LogP contribution in [-0.4, -0.2) is 40.6 Å². The Morgan fingerprint density at radius 1 is 0.963 bits per heavy atom. The molecule has 0 unspecified atom stereocenters. The molecule has 2 heterocycles. The van der Waals surface area contributed by atoms with Crippen LogP contribution in [0.5, 0.6) is 0 Å². The maximum atomic E-state index is 13.2. The average molecular weight is 389 g/mol. The van der Waals surface area contributed by atoms with Gasteiger partial charge in [0, 0.05) is 26.1 Å². The molecule has 146 valence electrons. The minimum Gasteiger partial charge on any atom is -0.320 e. The van der Waals surface area contributed by atoms with Crippen LogP contribution < -0.4 is 0 Å². The molecule has 0 radical (unpaired) electrons. The molecule has 1 aromatic carbocycles. The Labute approximate surface area is 161 Å². The number of rotatable bonds is 4. The van der Waals surface area contributed by atoms with Gasteiger partial charge in [-0.25, -0.2) is 8.42 Å². The van der Waals surface area contributed by atoms with Crippen LogP contribution >= 0.6 is 0 Å². The van der Waals surface area contributed by atoms with E-state index in [1.165, 1.54) is 37.7 Å². The number of hydrogen-bond donors (Lipinski definition) is 0. The Hall–Kier alpha value is -1.73. The number of piperidine rings is 1. The summed E-state index contributed by atoms with van der Waals surface area (Å²) >= 11 is 0. The van der Waals surface area contributed by atoms with Gasteiger partial charge in [-0.3, -0.25) is 0 Å². The fraction of sp³-hybridized carbons (Fsp3) is 0.600. The van der Waals surface area contributed by atoms with E-state index >= 15 is 0 Å². The van der Waals surface area contributed by atoms with E-state index in [9.17, 15) is 8.42 Å². The van der Waals surface area contributed by atoms with Crippen molar-refractivity contribution >= 4 is 10.0 Å². The largest absolute Gasteiger partial charge is 0.320 e. The highest BCUT2D eigenvalue weighted by Gasteiger charge is 2.32. The van der Waals surface area contributed by atoms with Crippen LogP contribution in [0.2, 0.25) is 0 Å². The zero-order chi connectivity index (χ0) is 18.9. The highest BCUT2D eigenvalue weighted by atomic mass is 32.2. The van der Waals surface area contributed by atoms with Crippen molar-refractivity contribution in [2.45, 2.75) is 61.7 Å². The molecule has 4 rings (SSSR count). The van der Waals surface area contributed by atoms with Crippen LogP contribution in [0.4, 0.5) is 0 Å². The van der Waals surface area contributed by atoms with Crippen molar-refractivity contribution < 1.29 is 8.42 Å². The monoisotopic (exact) mass is 388 g/mol. The standard InChI is InChI=1S/C20H28N4O2S/c1-23-15-21-22-20(23)18-8-5-13-24(14-18)27(25,26)19-11-9-17(10-12-19)16-6-3-2-4-7-16/h9-12,15-16,18H,2-8,13-14H2,1H3/t18-/m1/s1. The Morgan fingerprint density at radius 3 is 2.33 bits per heavy atom. The molecule has 7 heteroatoms. The van der Waals surface area contributed by atoms with E-state index in [1.807, 2.05) is 23.7 Å². The third-order valence-corrected chi connectivity index (χ3v) is 7.97. The molecule has 1 aromatic heterocycles. The van der Waals surface area contributed by atoms with Crippen LogP contribution in [0, 0.1) is 0 Å². The van der Waals surface area contributed by atoms with Crippen molar-refractivity contribution in [2.24, 2.45) is 7.05 Å². The minimum absolute atomic E-state index is 0.0996. The van der Waals surface area contributed by atoms with Crippen molar-refractivity contribution in [2.75, 3.05) is 13.1 Å². The Kier molecular flexibility index (Phi) is 5.32. The third kappa shape index (κ3) is 3.80. The van der Waals surface area contributed by atoms with Gasteiger partial charge in [0.15, 0.2) is 0 Å². The van der Waals surface area contributed by atoms with Crippen molar-refractivity contribution in [1.29, 1.82) is 0 Å². The van der Waals surface area contributed by atoms with E-state index in [4.69, 9.17) is 0 Å². The first-order valence-corrected chi connectivity index (χ1v) is 11.4. The van der Waals surface area contributed by atoms with Gasteiger partial charge in [0.1, 0.15) is 12.2 Å². The lowest BCUT2D eigenvalue weighted by atomic mass is 9.84. The summed E-state index contributed by atoms with van der Waals surface area (Å²) in [6, 6.07) is 7.64. The zero-order valence-corrected chi connectivity index (χ0v) is 16.7. The second-order valence-corrected chi connectivity index (χ2v) is 9.84. The van der Waals surface area contributed by atoms with Crippen molar-refractivity contribution in [3.8, 4) is 0 Å². The van der Waals surface area contributed by atoms with Crippen molar-refractivity contribution in [3.05, 3.63) is 42.0 Å². The second-order valence-electron chi connectivity index (χ2n) is 7.91. The van der Waals surface area contributed by atoms with E-state index < -0.39 is 10.0 Å². The van der Waals surface area contributed by atoms with Gasteiger partial charge in [0.2, 0.25) is 10.0 Å².